The summed E-state index contributed by atoms with van der Waals surface area (Å²) in [6.45, 7) is 8.48. The average Bonchev–Trinajstić information content (AvgIpc) is 2.02. The third-order valence-corrected chi connectivity index (χ3v) is 0.615. The van der Waals surface area contributed by atoms with Crippen molar-refractivity contribution in [3.8, 4) is 0 Å². The van der Waals surface area contributed by atoms with E-state index in [1.165, 1.54) is 0 Å². The molecule has 0 heterocycles. The molecule has 0 spiro atoms. The van der Waals surface area contributed by atoms with Crippen LogP contribution in [-0.4, -0.2) is 12.6 Å². The molecule has 0 aliphatic rings. The highest BCUT2D eigenvalue weighted by Gasteiger charge is 1.89. The minimum absolute atomic E-state index is 0.341. The van der Waals surface area contributed by atoms with Gasteiger partial charge in [-0.15, -0.1) is 0 Å². The van der Waals surface area contributed by atoms with Crippen LogP contribution < -0.4 is 0 Å². The number of ether oxygens (including phenoxy) is 1. The maximum Gasteiger partial charge on any atom is 0.330 e. The summed E-state index contributed by atoms with van der Waals surface area (Å²) >= 11 is 0. The van der Waals surface area contributed by atoms with Gasteiger partial charge in [0.05, 0.1) is 6.61 Å². The summed E-state index contributed by atoms with van der Waals surface area (Å²) in [5.74, 6) is -0.341. The molecule has 0 bridgehead atoms. The summed E-state index contributed by atoms with van der Waals surface area (Å²) in [4.78, 5) is 10.2. The molecule has 0 rings (SSSR count). The molecule has 0 amide bonds. The minimum atomic E-state index is -0.341. The largest absolute Gasteiger partial charge is 0.463 e. The molecule has 0 saturated heterocycles. The van der Waals surface area contributed by atoms with E-state index in [9.17, 15) is 4.79 Å². The van der Waals surface area contributed by atoms with E-state index in [-0.39, 0.29) is 5.97 Å². The van der Waals surface area contributed by atoms with E-state index in [0.717, 1.165) is 12.5 Å². The topological polar surface area (TPSA) is 46.2 Å². The van der Waals surface area contributed by atoms with Crippen molar-refractivity contribution in [2.75, 3.05) is 6.61 Å². The normalized spacial score (nSPS) is 7.00. The first-order valence-electron chi connectivity index (χ1n) is 3.24. The van der Waals surface area contributed by atoms with E-state index in [1.807, 2.05) is 6.92 Å². The monoisotopic (exact) mass is 157 g/mol. The van der Waals surface area contributed by atoms with Crippen molar-refractivity contribution >= 4 is 5.97 Å². The SMILES string of the molecule is C=CC(=O)OCCC.C=C[O]. The van der Waals surface area contributed by atoms with Crippen LogP contribution >= 0.6 is 0 Å². The Morgan fingerprint density at radius 2 is 2.00 bits per heavy atom. The maximum absolute atomic E-state index is 10.2. The highest BCUT2D eigenvalue weighted by molar-refractivity contribution is 5.81. The minimum Gasteiger partial charge on any atom is -0.463 e. The summed E-state index contributed by atoms with van der Waals surface area (Å²) < 4.78 is 4.58. The lowest BCUT2D eigenvalue weighted by Crippen LogP contribution is -1.99. The van der Waals surface area contributed by atoms with Gasteiger partial charge in [-0.05, 0) is 6.42 Å². The molecule has 0 saturated carbocycles. The quantitative estimate of drug-likeness (QED) is 0.355. The number of carbonyl (C=O) groups is 1. The Hall–Kier alpha value is -1.25. The summed E-state index contributed by atoms with van der Waals surface area (Å²) in [6.07, 6.45) is 2.52. The van der Waals surface area contributed by atoms with E-state index in [2.05, 4.69) is 17.9 Å². The lowest BCUT2D eigenvalue weighted by molar-refractivity contribution is -0.137. The van der Waals surface area contributed by atoms with Gasteiger partial charge in [-0.25, -0.2) is 4.79 Å². The fraction of sp³-hybridized carbons (Fsp3) is 0.375. The summed E-state index contributed by atoms with van der Waals surface area (Å²) in [5, 5.41) is 8.69. The van der Waals surface area contributed by atoms with Crippen LogP contribution in [0.3, 0.4) is 0 Å². The van der Waals surface area contributed by atoms with E-state index in [1.54, 1.807) is 0 Å². The van der Waals surface area contributed by atoms with Crippen molar-refractivity contribution in [1.82, 2.24) is 0 Å². The summed E-state index contributed by atoms with van der Waals surface area (Å²) in [6, 6.07) is 0. The summed E-state index contributed by atoms with van der Waals surface area (Å²) in [7, 11) is 0. The molecule has 0 aromatic rings. The van der Waals surface area contributed by atoms with Gasteiger partial charge in [0.25, 0.3) is 0 Å². The van der Waals surface area contributed by atoms with Crippen molar-refractivity contribution in [1.29, 1.82) is 0 Å². The van der Waals surface area contributed by atoms with Crippen LogP contribution in [0, 0.1) is 0 Å². The first-order chi connectivity index (χ1) is 5.22. The van der Waals surface area contributed by atoms with E-state index in [4.69, 9.17) is 5.11 Å². The van der Waals surface area contributed by atoms with Crippen molar-refractivity contribution in [3.63, 3.8) is 0 Å². The number of esters is 1. The Balaban J connectivity index is 0. The first kappa shape index (κ1) is 12.4. The Labute approximate surface area is 67.0 Å². The van der Waals surface area contributed by atoms with Gasteiger partial charge in [0, 0.05) is 6.08 Å². The van der Waals surface area contributed by atoms with Crippen LogP contribution in [0.25, 0.3) is 0 Å². The molecular formula is C8H13O3. The second-order valence-corrected chi connectivity index (χ2v) is 1.54. The van der Waals surface area contributed by atoms with Gasteiger partial charge in [-0.2, -0.15) is 0 Å². The lowest BCUT2D eigenvalue weighted by atomic mass is 10.5. The van der Waals surface area contributed by atoms with Gasteiger partial charge >= 0.3 is 5.97 Å². The average molecular weight is 157 g/mol. The maximum atomic E-state index is 10.2. The van der Waals surface area contributed by atoms with E-state index >= 15 is 0 Å². The number of hydrogen-bond acceptors (Lipinski definition) is 2. The van der Waals surface area contributed by atoms with Crippen molar-refractivity contribution in [2.45, 2.75) is 13.3 Å². The molecule has 3 nitrogen and oxygen atoms in total. The number of rotatable bonds is 3. The Kier molecular flexibility index (Phi) is 13.0. The van der Waals surface area contributed by atoms with Gasteiger partial charge in [-0.3, -0.25) is 5.11 Å². The zero-order chi connectivity index (χ0) is 9.11. The number of carbonyl (C=O) groups excluding carboxylic acids is 1. The number of hydrogen-bond donors (Lipinski definition) is 0. The highest BCUT2D eigenvalue weighted by atomic mass is 16.5. The molecule has 0 fully saturated rings. The standard InChI is InChI=1S/C6H10O2.C2H3O/c1-3-5-8-6(7)4-2;1-2-3/h4H,2-3,5H2,1H3;2H,1H2. The zero-order valence-electron chi connectivity index (χ0n) is 6.71. The van der Waals surface area contributed by atoms with Crippen molar-refractivity contribution in [2.24, 2.45) is 0 Å². The molecule has 0 N–H and O–H groups in total. The van der Waals surface area contributed by atoms with Gasteiger partial charge in [0.2, 0.25) is 0 Å². The fourth-order valence-corrected chi connectivity index (χ4v) is 0.262. The molecule has 0 aliphatic carbocycles. The Morgan fingerprint density at radius 1 is 1.55 bits per heavy atom. The molecule has 0 aromatic carbocycles. The van der Waals surface area contributed by atoms with Gasteiger partial charge in [0.1, 0.15) is 6.26 Å². The predicted octanol–water partition coefficient (Wildman–Crippen LogP) is 1.69. The molecule has 0 aliphatic heterocycles. The Morgan fingerprint density at radius 3 is 2.27 bits per heavy atom. The fourth-order valence-electron chi connectivity index (χ4n) is 0.262. The van der Waals surface area contributed by atoms with Crippen molar-refractivity contribution < 1.29 is 14.6 Å². The van der Waals surface area contributed by atoms with Crippen LogP contribution in [0.2, 0.25) is 0 Å². The van der Waals surface area contributed by atoms with Crippen LogP contribution in [0.4, 0.5) is 0 Å². The summed E-state index contributed by atoms with van der Waals surface area (Å²) in [5.41, 5.74) is 0. The molecule has 0 unspecified atom stereocenters. The van der Waals surface area contributed by atoms with Crippen LogP contribution in [0.5, 0.6) is 0 Å². The molecule has 1 radical (unpaired) electrons. The molecule has 0 aromatic heterocycles. The van der Waals surface area contributed by atoms with E-state index < -0.39 is 0 Å². The molecule has 3 heteroatoms. The van der Waals surface area contributed by atoms with Crippen LogP contribution in [0.15, 0.2) is 25.5 Å². The van der Waals surface area contributed by atoms with Gasteiger partial charge < -0.3 is 4.74 Å². The predicted molar refractivity (Wildman–Crippen MR) is 42.3 cm³/mol. The lowest BCUT2D eigenvalue weighted by Gasteiger charge is -1.94. The zero-order valence-corrected chi connectivity index (χ0v) is 6.71. The third kappa shape index (κ3) is 17.7. The van der Waals surface area contributed by atoms with Gasteiger partial charge in [-0.1, -0.05) is 20.1 Å². The second kappa shape index (κ2) is 11.5. The molecule has 0 atom stereocenters. The molecular weight excluding hydrogens is 144 g/mol. The van der Waals surface area contributed by atoms with Crippen LogP contribution in [0.1, 0.15) is 13.3 Å². The van der Waals surface area contributed by atoms with Gasteiger partial charge in [0.15, 0.2) is 0 Å². The smallest absolute Gasteiger partial charge is 0.330 e. The van der Waals surface area contributed by atoms with E-state index in [0.29, 0.717) is 12.9 Å². The Bertz CT molecular complexity index is 119. The molecule has 63 valence electrons. The van der Waals surface area contributed by atoms with Crippen LogP contribution in [-0.2, 0) is 14.6 Å². The third-order valence-electron chi connectivity index (χ3n) is 0.615. The highest BCUT2D eigenvalue weighted by Crippen LogP contribution is 1.81. The molecule has 11 heavy (non-hydrogen) atoms. The van der Waals surface area contributed by atoms with Crippen molar-refractivity contribution in [3.05, 3.63) is 25.5 Å². The first-order valence-corrected chi connectivity index (χ1v) is 3.24. The second-order valence-electron chi connectivity index (χ2n) is 1.54.